The highest BCUT2D eigenvalue weighted by Crippen LogP contribution is 2.16. The van der Waals surface area contributed by atoms with Crippen molar-refractivity contribution in [3.63, 3.8) is 0 Å². The van der Waals surface area contributed by atoms with Gasteiger partial charge in [0.25, 0.3) is 5.91 Å². The van der Waals surface area contributed by atoms with Gasteiger partial charge in [-0.3, -0.25) is 9.63 Å². The van der Waals surface area contributed by atoms with Crippen LogP contribution in [0.1, 0.15) is 20.4 Å². The highest BCUT2D eigenvalue weighted by Gasteiger charge is 2.13. The number of hydroxylamine groups is 1. The van der Waals surface area contributed by atoms with E-state index in [0.29, 0.717) is 10.6 Å². The normalized spacial score (nSPS) is 10.2. The maximum absolute atomic E-state index is 11.4. The summed E-state index contributed by atoms with van der Waals surface area (Å²) in [6, 6.07) is 0. The number of hydrogen-bond donors (Lipinski definition) is 2. The fraction of sp³-hybridized carbons (Fsp3) is 0.500. The van der Waals surface area contributed by atoms with Gasteiger partial charge in [-0.25, -0.2) is 10.5 Å². The van der Waals surface area contributed by atoms with E-state index in [1.165, 1.54) is 11.3 Å². The molecular weight excluding hydrogens is 204 g/mol. The zero-order valence-corrected chi connectivity index (χ0v) is 8.85. The Morgan fingerprint density at radius 3 is 2.86 bits per heavy atom. The van der Waals surface area contributed by atoms with Gasteiger partial charge in [-0.15, -0.1) is 11.3 Å². The minimum absolute atomic E-state index is 0.0859. The fourth-order valence-corrected chi connectivity index (χ4v) is 1.76. The zero-order valence-electron chi connectivity index (χ0n) is 8.03. The molecule has 0 fully saturated rings. The van der Waals surface area contributed by atoms with E-state index in [1.54, 1.807) is 6.92 Å². The molecule has 0 radical (unpaired) electrons. The maximum Gasteiger partial charge on any atom is 0.286 e. The number of hydrogen-bond acceptors (Lipinski definition) is 5. The van der Waals surface area contributed by atoms with E-state index in [9.17, 15) is 4.79 Å². The lowest BCUT2D eigenvalue weighted by Crippen LogP contribution is -2.24. The molecule has 1 heterocycles. The Labute approximate surface area is 85.7 Å². The van der Waals surface area contributed by atoms with Gasteiger partial charge in [0.1, 0.15) is 4.88 Å². The molecule has 0 aliphatic carbocycles. The van der Waals surface area contributed by atoms with E-state index >= 15 is 0 Å². The molecule has 0 saturated carbocycles. The molecule has 1 aromatic rings. The molecule has 0 aliphatic heterocycles. The van der Waals surface area contributed by atoms with Crippen molar-refractivity contribution in [2.24, 2.45) is 0 Å². The van der Waals surface area contributed by atoms with Gasteiger partial charge in [0.05, 0.1) is 23.9 Å². The zero-order chi connectivity index (χ0) is 10.6. The highest BCUT2D eigenvalue weighted by molar-refractivity contribution is 7.13. The number of carbonyl (C=O) groups excluding carboxylic acids is 1. The summed E-state index contributed by atoms with van der Waals surface area (Å²) in [6.07, 6.45) is 0. The van der Waals surface area contributed by atoms with E-state index in [2.05, 4.69) is 10.5 Å². The second-order valence-electron chi connectivity index (χ2n) is 2.65. The Kier molecular flexibility index (Phi) is 3.99. The molecule has 14 heavy (non-hydrogen) atoms. The van der Waals surface area contributed by atoms with Gasteiger partial charge in [-0.1, -0.05) is 0 Å². The summed E-state index contributed by atoms with van der Waals surface area (Å²) in [5.74, 6) is -0.318. The lowest BCUT2D eigenvalue weighted by Gasteiger charge is -2.02. The van der Waals surface area contributed by atoms with Gasteiger partial charge in [-0.2, -0.15) is 0 Å². The van der Waals surface area contributed by atoms with Gasteiger partial charge in [0, 0.05) is 0 Å². The highest BCUT2D eigenvalue weighted by atomic mass is 32.1. The van der Waals surface area contributed by atoms with E-state index < -0.39 is 0 Å². The number of rotatable bonds is 4. The summed E-state index contributed by atoms with van der Waals surface area (Å²) < 4.78 is 0. The third-order valence-corrected chi connectivity index (χ3v) is 2.54. The van der Waals surface area contributed by atoms with E-state index in [1.807, 2.05) is 6.92 Å². The minimum atomic E-state index is -0.318. The second-order valence-corrected chi connectivity index (χ2v) is 3.85. The van der Waals surface area contributed by atoms with Crippen molar-refractivity contribution in [2.45, 2.75) is 13.8 Å². The molecule has 2 N–H and O–H groups in total. The molecule has 6 heteroatoms. The van der Waals surface area contributed by atoms with Crippen molar-refractivity contribution in [2.75, 3.05) is 13.2 Å². The Bertz CT molecular complexity index is 324. The van der Waals surface area contributed by atoms with Crippen LogP contribution in [0.4, 0.5) is 0 Å². The van der Waals surface area contributed by atoms with Crippen molar-refractivity contribution in [3.05, 3.63) is 15.6 Å². The quantitative estimate of drug-likeness (QED) is 0.565. The molecule has 0 atom stereocenters. The number of nitrogens with zero attached hydrogens (tertiary/aromatic N) is 1. The van der Waals surface area contributed by atoms with Crippen LogP contribution in [0, 0.1) is 13.8 Å². The van der Waals surface area contributed by atoms with Crippen LogP contribution >= 0.6 is 11.3 Å². The smallest absolute Gasteiger partial charge is 0.286 e. The molecule has 0 aromatic carbocycles. The van der Waals surface area contributed by atoms with Crippen molar-refractivity contribution in [1.29, 1.82) is 0 Å². The molecule has 0 aliphatic rings. The molecule has 1 aromatic heterocycles. The summed E-state index contributed by atoms with van der Waals surface area (Å²) in [5.41, 5.74) is 2.92. The number of amides is 1. The Hall–Kier alpha value is -0.980. The maximum atomic E-state index is 11.4. The second kappa shape index (κ2) is 5.04. The van der Waals surface area contributed by atoms with E-state index in [0.717, 1.165) is 5.01 Å². The largest absolute Gasteiger partial charge is 0.394 e. The van der Waals surface area contributed by atoms with Crippen molar-refractivity contribution in [1.82, 2.24) is 10.5 Å². The molecule has 0 saturated heterocycles. The molecule has 0 spiro atoms. The third kappa shape index (κ3) is 2.76. The summed E-state index contributed by atoms with van der Waals surface area (Å²) in [5, 5.41) is 9.26. The number of nitrogens with one attached hydrogen (secondary N) is 1. The number of aryl methyl sites for hydroxylation is 2. The average Bonchev–Trinajstić information content (AvgIpc) is 2.45. The van der Waals surface area contributed by atoms with Gasteiger partial charge in [-0.05, 0) is 13.8 Å². The van der Waals surface area contributed by atoms with Crippen molar-refractivity contribution >= 4 is 17.2 Å². The number of aromatic nitrogens is 1. The standard InChI is InChI=1S/C8H12N2O3S/c1-5-7(14-6(2)9-5)8(12)10-13-4-3-11/h11H,3-4H2,1-2H3,(H,10,12). The first-order valence-electron chi connectivity index (χ1n) is 4.12. The first-order valence-corrected chi connectivity index (χ1v) is 4.94. The van der Waals surface area contributed by atoms with Crippen LogP contribution in [0.3, 0.4) is 0 Å². The van der Waals surface area contributed by atoms with Crippen molar-refractivity contribution in [3.8, 4) is 0 Å². The molecular formula is C8H12N2O3S. The molecule has 0 bridgehead atoms. The molecule has 0 unspecified atom stereocenters. The number of aliphatic hydroxyl groups is 1. The molecule has 1 rings (SSSR count). The number of aliphatic hydroxyl groups excluding tert-OH is 1. The summed E-state index contributed by atoms with van der Waals surface area (Å²) in [6.45, 7) is 3.57. The van der Waals surface area contributed by atoms with Gasteiger partial charge in [0.2, 0.25) is 0 Å². The average molecular weight is 216 g/mol. The van der Waals surface area contributed by atoms with Crippen LogP contribution in [0.2, 0.25) is 0 Å². The Morgan fingerprint density at radius 1 is 1.64 bits per heavy atom. The van der Waals surface area contributed by atoms with Gasteiger partial charge in [0.15, 0.2) is 0 Å². The molecule has 1 amide bonds. The summed E-state index contributed by atoms with van der Waals surface area (Å²) >= 11 is 1.31. The summed E-state index contributed by atoms with van der Waals surface area (Å²) in [4.78, 5) is 20.8. The van der Waals surface area contributed by atoms with Crippen LogP contribution < -0.4 is 5.48 Å². The number of carbonyl (C=O) groups is 1. The first-order chi connectivity index (χ1) is 6.65. The molecule has 5 nitrogen and oxygen atoms in total. The lowest BCUT2D eigenvalue weighted by molar-refractivity contribution is 0.0171. The van der Waals surface area contributed by atoms with Crippen LogP contribution in [-0.2, 0) is 4.84 Å². The predicted molar refractivity (Wildman–Crippen MR) is 52.1 cm³/mol. The van der Waals surface area contributed by atoms with Gasteiger partial charge >= 0.3 is 0 Å². The lowest BCUT2D eigenvalue weighted by atomic mass is 10.4. The van der Waals surface area contributed by atoms with Gasteiger partial charge < -0.3 is 5.11 Å². The summed E-state index contributed by atoms with van der Waals surface area (Å²) in [7, 11) is 0. The van der Waals surface area contributed by atoms with E-state index in [-0.39, 0.29) is 19.1 Å². The fourth-order valence-electron chi connectivity index (χ4n) is 0.951. The topological polar surface area (TPSA) is 71.5 Å². The molecule has 78 valence electrons. The SMILES string of the molecule is Cc1nc(C)c(C(=O)NOCCO)s1. The van der Waals surface area contributed by atoms with E-state index in [4.69, 9.17) is 9.94 Å². The first kappa shape index (κ1) is 11.1. The predicted octanol–water partition coefficient (Wildman–Crippen LogP) is 0.414. The van der Waals surface area contributed by atoms with Crippen molar-refractivity contribution < 1.29 is 14.7 Å². The third-order valence-electron chi connectivity index (χ3n) is 1.47. The van der Waals surface area contributed by atoms with Crippen LogP contribution in [-0.4, -0.2) is 29.2 Å². The van der Waals surface area contributed by atoms with Crippen LogP contribution in [0.5, 0.6) is 0 Å². The minimum Gasteiger partial charge on any atom is -0.394 e. The Morgan fingerprint density at radius 2 is 2.36 bits per heavy atom. The van der Waals surface area contributed by atoms with Crippen LogP contribution in [0.25, 0.3) is 0 Å². The number of thiazole rings is 1. The Balaban J connectivity index is 2.56. The van der Waals surface area contributed by atoms with Crippen LogP contribution in [0.15, 0.2) is 0 Å². The monoisotopic (exact) mass is 216 g/mol.